The molecule has 120 valence electrons. The van der Waals surface area contributed by atoms with Gasteiger partial charge in [0, 0.05) is 29.7 Å². The molecule has 0 fully saturated rings. The van der Waals surface area contributed by atoms with Crippen LogP contribution in [0.25, 0.3) is 0 Å². The van der Waals surface area contributed by atoms with Crippen LogP contribution in [0.15, 0.2) is 18.2 Å². The van der Waals surface area contributed by atoms with E-state index in [1.807, 2.05) is 13.8 Å². The summed E-state index contributed by atoms with van der Waals surface area (Å²) in [5.41, 5.74) is 0.680. The van der Waals surface area contributed by atoms with Gasteiger partial charge in [-0.3, -0.25) is 19.7 Å². The normalized spacial score (nSPS) is 12.0. The second kappa shape index (κ2) is 7.53. The van der Waals surface area contributed by atoms with Gasteiger partial charge in [-0.2, -0.15) is 0 Å². The first-order chi connectivity index (χ1) is 10.2. The third-order valence-corrected chi connectivity index (χ3v) is 3.28. The van der Waals surface area contributed by atoms with Gasteiger partial charge in [-0.25, -0.2) is 0 Å². The summed E-state index contributed by atoms with van der Waals surface area (Å²) in [6.07, 6.45) is 0.251. The van der Waals surface area contributed by atoms with Gasteiger partial charge < -0.3 is 10.4 Å². The molecule has 1 rings (SSSR count). The quantitative estimate of drug-likeness (QED) is 0.594. The van der Waals surface area contributed by atoms with Crippen LogP contribution in [0.1, 0.15) is 55.5 Å². The van der Waals surface area contributed by atoms with Crippen LogP contribution < -0.4 is 5.32 Å². The molecule has 0 aliphatic rings. The van der Waals surface area contributed by atoms with Gasteiger partial charge in [-0.05, 0) is 25.3 Å². The number of nitro groups is 1. The highest BCUT2D eigenvalue weighted by atomic mass is 16.6. The van der Waals surface area contributed by atoms with Crippen LogP contribution in [0.2, 0.25) is 0 Å². The van der Waals surface area contributed by atoms with Crippen LogP contribution in [0.5, 0.6) is 0 Å². The van der Waals surface area contributed by atoms with E-state index in [0.717, 1.165) is 0 Å². The number of hydrogen-bond donors (Lipinski definition) is 2. The van der Waals surface area contributed by atoms with Crippen molar-refractivity contribution in [2.24, 2.45) is 0 Å². The van der Waals surface area contributed by atoms with E-state index < -0.39 is 16.8 Å². The number of nitrogens with one attached hydrogen (secondary N) is 1. The zero-order valence-corrected chi connectivity index (χ0v) is 12.8. The van der Waals surface area contributed by atoms with Crippen molar-refractivity contribution >= 4 is 17.6 Å². The first-order valence-corrected chi connectivity index (χ1v) is 7.03. The molecule has 0 aromatic heterocycles. The van der Waals surface area contributed by atoms with E-state index in [0.29, 0.717) is 12.0 Å². The molecule has 1 aromatic carbocycles. The molecule has 0 heterocycles. The van der Waals surface area contributed by atoms with Gasteiger partial charge in [0.25, 0.3) is 11.6 Å². The summed E-state index contributed by atoms with van der Waals surface area (Å²) in [6, 6.07) is 4.06. The Morgan fingerprint density at radius 1 is 1.32 bits per heavy atom. The summed E-state index contributed by atoms with van der Waals surface area (Å²) in [5.74, 6) is -1.40. The SMILES string of the molecule is CC(CCC(=O)O)NC(=O)c1ccc(C(C)C)c([N+](=O)[O-])c1. The fourth-order valence-corrected chi connectivity index (χ4v) is 2.05. The summed E-state index contributed by atoms with van der Waals surface area (Å²) in [7, 11) is 0. The average molecular weight is 308 g/mol. The molecule has 7 nitrogen and oxygen atoms in total. The summed E-state index contributed by atoms with van der Waals surface area (Å²) in [6.45, 7) is 5.38. The van der Waals surface area contributed by atoms with Crippen LogP contribution in [-0.2, 0) is 4.79 Å². The van der Waals surface area contributed by atoms with E-state index in [1.54, 1.807) is 19.1 Å². The van der Waals surface area contributed by atoms with Gasteiger partial charge in [0.1, 0.15) is 0 Å². The van der Waals surface area contributed by atoms with Crippen molar-refractivity contribution in [1.29, 1.82) is 0 Å². The van der Waals surface area contributed by atoms with Crippen molar-refractivity contribution in [2.45, 2.75) is 45.6 Å². The number of carbonyl (C=O) groups is 2. The van der Waals surface area contributed by atoms with E-state index in [9.17, 15) is 19.7 Å². The average Bonchev–Trinajstić information content (AvgIpc) is 2.44. The van der Waals surface area contributed by atoms with Crippen LogP contribution in [0, 0.1) is 10.1 Å². The van der Waals surface area contributed by atoms with Gasteiger partial charge in [0.15, 0.2) is 0 Å². The van der Waals surface area contributed by atoms with Crippen LogP contribution in [0.3, 0.4) is 0 Å². The Morgan fingerprint density at radius 3 is 2.45 bits per heavy atom. The molecule has 0 spiro atoms. The number of nitrogens with zero attached hydrogens (tertiary/aromatic N) is 1. The van der Waals surface area contributed by atoms with Crippen LogP contribution >= 0.6 is 0 Å². The van der Waals surface area contributed by atoms with Crippen molar-refractivity contribution in [3.8, 4) is 0 Å². The zero-order valence-electron chi connectivity index (χ0n) is 12.8. The molecule has 0 radical (unpaired) electrons. The lowest BCUT2D eigenvalue weighted by Crippen LogP contribution is -2.33. The molecule has 1 aromatic rings. The Balaban J connectivity index is 2.88. The minimum absolute atomic E-state index is 0.0213. The number of carboxylic acid groups (broad SMARTS) is 1. The Hall–Kier alpha value is -2.44. The van der Waals surface area contributed by atoms with Crippen LogP contribution in [-0.4, -0.2) is 27.9 Å². The maximum Gasteiger partial charge on any atom is 0.303 e. The molecule has 1 atom stereocenters. The van der Waals surface area contributed by atoms with E-state index in [2.05, 4.69) is 5.32 Å². The second-order valence-corrected chi connectivity index (χ2v) is 5.49. The van der Waals surface area contributed by atoms with E-state index >= 15 is 0 Å². The molecule has 1 amide bonds. The molecule has 0 aliphatic heterocycles. The van der Waals surface area contributed by atoms with Crippen LogP contribution in [0.4, 0.5) is 5.69 Å². The smallest absolute Gasteiger partial charge is 0.303 e. The number of rotatable bonds is 7. The lowest BCUT2D eigenvalue weighted by Gasteiger charge is -2.13. The monoisotopic (exact) mass is 308 g/mol. The maximum absolute atomic E-state index is 12.1. The van der Waals surface area contributed by atoms with Gasteiger partial charge in [-0.15, -0.1) is 0 Å². The number of carboxylic acids is 1. The molecule has 0 saturated heterocycles. The van der Waals surface area contributed by atoms with Crippen molar-refractivity contribution in [2.75, 3.05) is 0 Å². The van der Waals surface area contributed by atoms with Gasteiger partial charge in [0.05, 0.1) is 4.92 Å². The maximum atomic E-state index is 12.1. The number of hydrogen-bond acceptors (Lipinski definition) is 4. The summed E-state index contributed by atoms with van der Waals surface area (Å²) >= 11 is 0. The largest absolute Gasteiger partial charge is 0.481 e. The fourth-order valence-electron chi connectivity index (χ4n) is 2.05. The predicted molar refractivity (Wildman–Crippen MR) is 81.0 cm³/mol. The van der Waals surface area contributed by atoms with Crippen molar-refractivity contribution in [3.05, 3.63) is 39.4 Å². The Kier molecular flexibility index (Phi) is 6.03. The number of nitro benzene ring substituents is 1. The third kappa shape index (κ3) is 4.83. The summed E-state index contributed by atoms with van der Waals surface area (Å²) < 4.78 is 0. The Morgan fingerprint density at radius 2 is 1.95 bits per heavy atom. The number of carbonyl (C=O) groups excluding carboxylic acids is 1. The highest BCUT2D eigenvalue weighted by Crippen LogP contribution is 2.27. The molecule has 2 N–H and O–H groups in total. The zero-order chi connectivity index (χ0) is 16.9. The first-order valence-electron chi connectivity index (χ1n) is 7.03. The first kappa shape index (κ1) is 17.6. The molecule has 0 bridgehead atoms. The Bertz CT molecular complexity index is 583. The van der Waals surface area contributed by atoms with E-state index in [4.69, 9.17) is 5.11 Å². The van der Waals surface area contributed by atoms with Crippen molar-refractivity contribution < 1.29 is 19.6 Å². The molecule has 1 unspecified atom stereocenters. The molecular weight excluding hydrogens is 288 g/mol. The number of aliphatic carboxylic acids is 1. The summed E-state index contributed by atoms with van der Waals surface area (Å²) in [4.78, 5) is 33.2. The minimum Gasteiger partial charge on any atom is -0.481 e. The molecule has 0 aliphatic carbocycles. The number of benzene rings is 1. The molecule has 7 heteroatoms. The standard InChI is InChI=1S/C15H20N2O5/c1-9(2)12-6-5-11(8-13(12)17(21)22)15(20)16-10(3)4-7-14(18)19/h5-6,8-10H,4,7H2,1-3H3,(H,16,20)(H,18,19). The highest BCUT2D eigenvalue weighted by molar-refractivity contribution is 5.95. The van der Waals surface area contributed by atoms with Gasteiger partial charge in [-0.1, -0.05) is 19.9 Å². The minimum atomic E-state index is -0.932. The fraction of sp³-hybridized carbons (Fsp3) is 0.467. The van der Waals surface area contributed by atoms with Gasteiger partial charge in [0.2, 0.25) is 0 Å². The van der Waals surface area contributed by atoms with Gasteiger partial charge >= 0.3 is 5.97 Å². The highest BCUT2D eigenvalue weighted by Gasteiger charge is 2.20. The lowest BCUT2D eigenvalue weighted by atomic mass is 9.99. The Labute approximate surface area is 128 Å². The molecule has 0 saturated carbocycles. The third-order valence-electron chi connectivity index (χ3n) is 3.28. The second-order valence-electron chi connectivity index (χ2n) is 5.49. The van der Waals surface area contributed by atoms with Crippen molar-refractivity contribution in [1.82, 2.24) is 5.32 Å². The predicted octanol–water partition coefficient (Wildman–Crippen LogP) is 2.70. The number of amides is 1. The van der Waals surface area contributed by atoms with Crippen molar-refractivity contribution in [3.63, 3.8) is 0 Å². The summed E-state index contributed by atoms with van der Waals surface area (Å²) in [5, 5.41) is 22.4. The topological polar surface area (TPSA) is 110 Å². The molecule has 22 heavy (non-hydrogen) atoms. The van der Waals surface area contributed by atoms with E-state index in [1.165, 1.54) is 6.07 Å². The lowest BCUT2D eigenvalue weighted by molar-refractivity contribution is -0.385. The molecular formula is C15H20N2O5. The van der Waals surface area contributed by atoms with E-state index in [-0.39, 0.29) is 29.6 Å².